The molecule has 1 N–H and O–H groups in total. The van der Waals surface area contributed by atoms with Gasteiger partial charge < -0.3 is 14.6 Å². The van der Waals surface area contributed by atoms with E-state index >= 15 is 0 Å². The minimum absolute atomic E-state index is 0.134. The third-order valence-electron chi connectivity index (χ3n) is 5.44. The largest absolute Gasteiger partial charge is 0.418 e. The molecular weight excluding hydrogens is 489 g/mol. The lowest BCUT2D eigenvalue weighted by Crippen LogP contribution is -2.49. The fraction of sp³-hybridized carbons (Fsp3) is 0.333. The zero-order valence-electron chi connectivity index (χ0n) is 16.9. The number of pyridine rings is 1. The van der Waals surface area contributed by atoms with E-state index < -0.39 is 17.2 Å². The van der Waals surface area contributed by atoms with Crippen molar-refractivity contribution in [3.63, 3.8) is 0 Å². The van der Waals surface area contributed by atoms with Crippen molar-refractivity contribution >= 4 is 21.6 Å². The first-order valence-corrected chi connectivity index (χ1v) is 10.4. The number of ether oxygens (including phenoxy) is 1. The van der Waals surface area contributed by atoms with Gasteiger partial charge in [0.1, 0.15) is 12.2 Å². The summed E-state index contributed by atoms with van der Waals surface area (Å²) in [6, 6.07) is 8.35. The van der Waals surface area contributed by atoms with Gasteiger partial charge in [0, 0.05) is 35.2 Å². The van der Waals surface area contributed by atoms with E-state index in [1.165, 1.54) is 6.20 Å². The van der Waals surface area contributed by atoms with Crippen molar-refractivity contribution in [1.29, 1.82) is 5.26 Å². The number of nitrogens with zero attached hydrogens (tertiary/aromatic N) is 5. The second-order valence-electron chi connectivity index (χ2n) is 7.72. The molecule has 0 bridgehead atoms. The summed E-state index contributed by atoms with van der Waals surface area (Å²) in [5.74, 6) is 0.777. The Morgan fingerprint density at radius 1 is 1.28 bits per heavy atom. The number of benzene rings is 1. The number of aromatic nitrogens is 4. The molecule has 0 unspecified atom stereocenters. The molecule has 4 rings (SSSR count). The van der Waals surface area contributed by atoms with Crippen LogP contribution < -0.4 is 5.32 Å². The Balaban J connectivity index is 1.63. The zero-order valence-corrected chi connectivity index (χ0v) is 18.5. The molecule has 166 valence electrons. The molecule has 32 heavy (non-hydrogen) atoms. The number of aryl methyl sites for hydroxylation is 1. The van der Waals surface area contributed by atoms with Crippen molar-refractivity contribution in [1.82, 2.24) is 19.7 Å². The molecule has 0 spiro atoms. The van der Waals surface area contributed by atoms with Crippen LogP contribution in [0, 0.1) is 11.3 Å². The molecule has 0 amide bonds. The first-order chi connectivity index (χ1) is 15.2. The average molecular weight is 507 g/mol. The summed E-state index contributed by atoms with van der Waals surface area (Å²) in [7, 11) is 1.85. The first kappa shape index (κ1) is 22.2. The summed E-state index contributed by atoms with van der Waals surface area (Å²) in [5.41, 5.74) is 0.438. The summed E-state index contributed by atoms with van der Waals surface area (Å²) >= 11 is 3.04. The van der Waals surface area contributed by atoms with Crippen molar-refractivity contribution in [2.75, 3.05) is 18.5 Å². The molecule has 1 aliphatic heterocycles. The van der Waals surface area contributed by atoms with Gasteiger partial charge in [-0.2, -0.15) is 18.4 Å². The summed E-state index contributed by atoms with van der Waals surface area (Å²) in [6.45, 7) is 0.741. The van der Waals surface area contributed by atoms with Gasteiger partial charge in [-0.25, -0.2) is 0 Å². The number of halogens is 4. The van der Waals surface area contributed by atoms with Crippen LogP contribution in [0.4, 0.5) is 18.9 Å². The molecule has 0 saturated carbocycles. The van der Waals surface area contributed by atoms with Gasteiger partial charge in [0.25, 0.3) is 0 Å². The number of anilines is 1. The van der Waals surface area contributed by atoms with Gasteiger partial charge in [0.05, 0.1) is 42.6 Å². The number of hydrogen-bond acceptors (Lipinski definition) is 6. The molecule has 1 aliphatic rings. The van der Waals surface area contributed by atoms with Gasteiger partial charge in [-0.15, -0.1) is 10.2 Å². The average Bonchev–Trinajstić information content (AvgIpc) is 3.13. The monoisotopic (exact) mass is 506 g/mol. The Morgan fingerprint density at radius 3 is 2.66 bits per heavy atom. The molecule has 0 radical (unpaired) electrons. The number of hydrogen-bond donors (Lipinski definition) is 1. The van der Waals surface area contributed by atoms with E-state index in [1.54, 1.807) is 18.5 Å². The highest BCUT2D eigenvalue weighted by Crippen LogP contribution is 2.38. The standard InChI is InChI=1S/C21H18BrF3N6O/c1-31-12-29-30-19(31)6-20(10-32-11-20)14-2-13(7-26)3-16(4-14)27-9-18-17(21(23,24)25)5-15(22)8-28-18/h2-5,8,12,27H,6,9-11H2,1H3. The smallest absolute Gasteiger partial charge is 0.379 e. The molecular formula is C21H18BrF3N6O. The molecule has 7 nitrogen and oxygen atoms in total. The van der Waals surface area contributed by atoms with E-state index in [9.17, 15) is 18.4 Å². The molecule has 0 atom stereocenters. The Morgan fingerprint density at radius 2 is 2.06 bits per heavy atom. The van der Waals surface area contributed by atoms with Gasteiger partial charge in [-0.05, 0) is 45.8 Å². The molecule has 0 aliphatic carbocycles. The van der Waals surface area contributed by atoms with Crippen LogP contribution in [0.15, 0.2) is 41.3 Å². The van der Waals surface area contributed by atoms with Crippen LogP contribution in [0.1, 0.15) is 28.2 Å². The Kier molecular flexibility index (Phi) is 5.92. The topological polar surface area (TPSA) is 88.7 Å². The van der Waals surface area contributed by atoms with E-state index in [1.807, 2.05) is 17.7 Å². The maximum absolute atomic E-state index is 13.4. The fourth-order valence-electron chi connectivity index (χ4n) is 3.63. The maximum Gasteiger partial charge on any atom is 0.418 e. The minimum Gasteiger partial charge on any atom is -0.379 e. The van der Waals surface area contributed by atoms with Gasteiger partial charge in [0.2, 0.25) is 0 Å². The van der Waals surface area contributed by atoms with Crippen LogP contribution in [0.3, 0.4) is 0 Å². The van der Waals surface area contributed by atoms with E-state index in [-0.39, 0.29) is 16.7 Å². The molecule has 1 saturated heterocycles. The second kappa shape index (κ2) is 8.52. The van der Waals surface area contributed by atoms with Crippen molar-refractivity contribution in [3.8, 4) is 6.07 Å². The highest BCUT2D eigenvalue weighted by Gasteiger charge is 2.42. The molecule has 1 aromatic carbocycles. The summed E-state index contributed by atoms with van der Waals surface area (Å²) < 4.78 is 47.8. The third kappa shape index (κ3) is 4.47. The molecule has 11 heteroatoms. The molecule has 2 aromatic heterocycles. The lowest BCUT2D eigenvalue weighted by atomic mass is 9.75. The fourth-order valence-corrected chi connectivity index (χ4v) is 3.96. The van der Waals surface area contributed by atoms with E-state index in [2.05, 4.69) is 42.5 Å². The number of nitriles is 1. The zero-order chi connectivity index (χ0) is 22.9. The Hall–Kier alpha value is -2.97. The van der Waals surface area contributed by atoms with E-state index in [0.717, 1.165) is 17.5 Å². The third-order valence-corrected chi connectivity index (χ3v) is 5.87. The van der Waals surface area contributed by atoms with Gasteiger partial charge in [0.15, 0.2) is 0 Å². The second-order valence-corrected chi connectivity index (χ2v) is 8.63. The lowest BCUT2D eigenvalue weighted by Gasteiger charge is -2.42. The molecule has 3 aromatic rings. The number of nitrogens with one attached hydrogen (secondary N) is 1. The highest BCUT2D eigenvalue weighted by atomic mass is 79.9. The number of alkyl halides is 3. The van der Waals surface area contributed by atoms with Crippen LogP contribution in [-0.2, 0) is 36.3 Å². The van der Waals surface area contributed by atoms with Gasteiger partial charge in [-0.1, -0.05) is 0 Å². The van der Waals surface area contributed by atoms with Crippen molar-refractivity contribution in [3.05, 3.63) is 69.5 Å². The van der Waals surface area contributed by atoms with Crippen LogP contribution >= 0.6 is 15.9 Å². The summed E-state index contributed by atoms with van der Waals surface area (Å²) in [4.78, 5) is 3.93. The minimum atomic E-state index is -4.53. The van der Waals surface area contributed by atoms with Gasteiger partial charge in [-0.3, -0.25) is 4.98 Å². The molecule has 3 heterocycles. The van der Waals surface area contributed by atoms with Crippen molar-refractivity contribution in [2.24, 2.45) is 7.05 Å². The SMILES string of the molecule is Cn1cnnc1CC1(c2cc(C#N)cc(NCc3ncc(Br)cc3C(F)(F)F)c2)COC1. The van der Waals surface area contributed by atoms with Gasteiger partial charge >= 0.3 is 6.18 Å². The predicted molar refractivity (Wildman–Crippen MR) is 113 cm³/mol. The van der Waals surface area contributed by atoms with Crippen molar-refractivity contribution < 1.29 is 17.9 Å². The van der Waals surface area contributed by atoms with E-state index in [0.29, 0.717) is 30.9 Å². The van der Waals surface area contributed by atoms with E-state index in [4.69, 9.17) is 4.74 Å². The predicted octanol–water partition coefficient (Wildman–Crippen LogP) is 3.99. The van der Waals surface area contributed by atoms with Crippen LogP contribution in [0.2, 0.25) is 0 Å². The van der Waals surface area contributed by atoms with Crippen LogP contribution in [0.5, 0.6) is 0 Å². The Bertz CT molecular complexity index is 1180. The Labute approximate surface area is 190 Å². The normalized spacial score (nSPS) is 15.1. The van der Waals surface area contributed by atoms with Crippen molar-refractivity contribution in [2.45, 2.75) is 24.6 Å². The van der Waals surface area contributed by atoms with Crippen LogP contribution in [-0.4, -0.2) is 33.0 Å². The summed E-state index contributed by atoms with van der Waals surface area (Å²) in [6.07, 6.45) is -1.03. The molecule has 1 fully saturated rings. The van der Waals surface area contributed by atoms with Crippen LogP contribution in [0.25, 0.3) is 0 Å². The highest BCUT2D eigenvalue weighted by molar-refractivity contribution is 9.10. The quantitative estimate of drug-likeness (QED) is 0.543. The maximum atomic E-state index is 13.4. The number of rotatable bonds is 6. The lowest BCUT2D eigenvalue weighted by molar-refractivity contribution is -0.138. The first-order valence-electron chi connectivity index (χ1n) is 9.62. The summed E-state index contributed by atoms with van der Waals surface area (Å²) in [5, 5.41) is 20.6.